The second-order valence-corrected chi connectivity index (χ2v) is 9.90. The second-order valence-electron chi connectivity index (χ2n) is 9.90. The first-order valence-electron chi connectivity index (χ1n) is 11.6. The van der Waals surface area contributed by atoms with Gasteiger partial charge in [0.1, 0.15) is 12.4 Å². The van der Waals surface area contributed by atoms with E-state index in [0.29, 0.717) is 26.2 Å². The van der Waals surface area contributed by atoms with Crippen LogP contribution >= 0.6 is 0 Å². The Bertz CT molecular complexity index is 1060. The highest BCUT2D eigenvalue weighted by Gasteiger charge is 2.40. The molecule has 0 aliphatic carbocycles. The fourth-order valence-electron chi connectivity index (χ4n) is 4.52. The van der Waals surface area contributed by atoms with Crippen molar-refractivity contribution in [3.8, 4) is 11.3 Å². The Morgan fingerprint density at radius 1 is 1.09 bits per heavy atom. The highest BCUT2D eigenvalue weighted by Crippen LogP contribution is 2.40. The average Bonchev–Trinajstić information content (AvgIpc) is 3.11. The second kappa shape index (κ2) is 9.89. The molecular weight excluding hydrogens is 412 g/mol. The minimum absolute atomic E-state index is 0.0126. The van der Waals surface area contributed by atoms with E-state index >= 15 is 0 Å². The predicted octanol–water partition coefficient (Wildman–Crippen LogP) is 4.12. The Hall–Kier alpha value is -2.96. The molecule has 2 aromatic carbocycles. The molecule has 6 nitrogen and oxygen atoms in total. The van der Waals surface area contributed by atoms with Crippen LogP contribution in [-0.2, 0) is 16.1 Å². The minimum atomic E-state index is -0.243. The van der Waals surface area contributed by atoms with Crippen LogP contribution in [0.5, 0.6) is 0 Å². The summed E-state index contributed by atoms with van der Waals surface area (Å²) in [6, 6.07) is 20.3. The molecule has 174 valence electrons. The van der Waals surface area contributed by atoms with E-state index in [0.717, 1.165) is 17.1 Å². The number of rotatable bonds is 6. The lowest BCUT2D eigenvalue weighted by atomic mass is 9.84. The summed E-state index contributed by atoms with van der Waals surface area (Å²) in [5.41, 5.74) is 8.91. The zero-order valence-corrected chi connectivity index (χ0v) is 19.8. The van der Waals surface area contributed by atoms with E-state index < -0.39 is 0 Å². The van der Waals surface area contributed by atoms with Crippen LogP contribution in [0.4, 0.5) is 0 Å². The molecule has 0 radical (unpaired) electrons. The number of hydrogen-bond donors (Lipinski definition) is 1. The Morgan fingerprint density at radius 2 is 1.76 bits per heavy atom. The third kappa shape index (κ3) is 5.34. The largest absolute Gasteiger partial charge is 0.371 e. The van der Waals surface area contributed by atoms with Crippen molar-refractivity contribution in [1.82, 2.24) is 14.5 Å². The molecule has 2 atom stereocenters. The van der Waals surface area contributed by atoms with Crippen LogP contribution in [0.3, 0.4) is 0 Å². The zero-order chi connectivity index (χ0) is 23.4. The summed E-state index contributed by atoms with van der Waals surface area (Å²) < 4.78 is 7.84. The molecule has 1 aliphatic heterocycles. The third-order valence-corrected chi connectivity index (χ3v) is 6.14. The van der Waals surface area contributed by atoms with Crippen molar-refractivity contribution < 1.29 is 9.53 Å². The molecule has 1 aromatic heterocycles. The number of carbonyl (C=O) groups is 1. The van der Waals surface area contributed by atoms with Crippen molar-refractivity contribution in [1.29, 1.82) is 0 Å². The van der Waals surface area contributed by atoms with Gasteiger partial charge in [0.25, 0.3) is 0 Å². The molecule has 1 fully saturated rings. The molecule has 2 N–H and O–H groups in total. The molecular formula is C27H34N4O2. The van der Waals surface area contributed by atoms with Gasteiger partial charge in [-0.15, -0.1) is 0 Å². The standard InChI is InChI=1S/C27H34N4O2/c1-27(2,3)25(31-16-21(14-28)18-33-19-24(31)32)26-29-23(22-12-8-5-9-13-22)17-30(26)15-20-10-6-4-7-11-20/h4-13,17,21,25H,14-16,18-19,28H2,1-3H3/t21-,25+/m1/s1. The molecule has 1 aliphatic rings. The van der Waals surface area contributed by atoms with E-state index in [9.17, 15) is 4.79 Å². The monoisotopic (exact) mass is 446 g/mol. The van der Waals surface area contributed by atoms with Crippen LogP contribution < -0.4 is 5.73 Å². The van der Waals surface area contributed by atoms with Crippen molar-refractivity contribution in [3.05, 3.63) is 78.2 Å². The van der Waals surface area contributed by atoms with Crippen molar-refractivity contribution in [2.45, 2.75) is 33.4 Å². The number of aromatic nitrogens is 2. The molecule has 0 saturated carbocycles. The van der Waals surface area contributed by atoms with Gasteiger partial charge in [0.2, 0.25) is 5.91 Å². The maximum absolute atomic E-state index is 13.2. The minimum Gasteiger partial charge on any atom is -0.371 e. The average molecular weight is 447 g/mol. The predicted molar refractivity (Wildman–Crippen MR) is 130 cm³/mol. The number of benzene rings is 2. The van der Waals surface area contributed by atoms with Gasteiger partial charge < -0.3 is 19.9 Å². The lowest BCUT2D eigenvalue weighted by Crippen LogP contribution is -2.45. The molecule has 0 bridgehead atoms. The maximum atomic E-state index is 13.2. The molecule has 33 heavy (non-hydrogen) atoms. The Morgan fingerprint density at radius 3 is 2.39 bits per heavy atom. The van der Waals surface area contributed by atoms with Crippen molar-refractivity contribution in [3.63, 3.8) is 0 Å². The van der Waals surface area contributed by atoms with Crippen LogP contribution in [0.1, 0.15) is 38.2 Å². The van der Waals surface area contributed by atoms with E-state index in [1.54, 1.807) is 0 Å². The van der Waals surface area contributed by atoms with Gasteiger partial charge in [-0.3, -0.25) is 4.79 Å². The summed E-state index contributed by atoms with van der Waals surface area (Å²) in [5.74, 6) is 0.977. The van der Waals surface area contributed by atoms with Gasteiger partial charge in [-0.25, -0.2) is 4.98 Å². The van der Waals surface area contributed by atoms with Crippen molar-refractivity contribution in [2.75, 3.05) is 26.3 Å². The molecule has 4 rings (SSSR count). The summed E-state index contributed by atoms with van der Waals surface area (Å²) in [7, 11) is 0. The molecule has 0 unspecified atom stereocenters. The quantitative estimate of drug-likeness (QED) is 0.618. The molecule has 1 saturated heterocycles. The number of nitrogens with zero attached hydrogens (tertiary/aromatic N) is 3. The van der Waals surface area contributed by atoms with Crippen LogP contribution in [-0.4, -0.2) is 46.7 Å². The van der Waals surface area contributed by atoms with E-state index in [1.807, 2.05) is 41.3 Å². The number of carbonyl (C=O) groups excluding carboxylic acids is 1. The number of ether oxygens (including phenoxy) is 1. The van der Waals surface area contributed by atoms with Gasteiger partial charge in [-0.1, -0.05) is 81.4 Å². The summed E-state index contributed by atoms with van der Waals surface area (Å²) in [4.78, 5) is 20.3. The topological polar surface area (TPSA) is 73.4 Å². The highest BCUT2D eigenvalue weighted by molar-refractivity contribution is 5.78. The van der Waals surface area contributed by atoms with Gasteiger partial charge in [0, 0.05) is 30.8 Å². The lowest BCUT2D eigenvalue weighted by Gasteiger charge is -2.40. The maximum Gasteiger partial charge on any atom is 0.249 e. The van der Waals surface area contributed by atoms with Crippen molar-refractivity contribution >= 4 is 5.91 Å². The number of imidazole rings is 1. The number of amides is 1. The first kappa shape index (κ1) is 23.2. The van der Waals surface area contributed by atoms with Crippen molar-refractivity contribution in [2.24, 2.45) is 17.1 Å². The zero-order valence-electron chi connectivity index (χ0n) is 19.8. The first-order valence-corrected chi connectivity index (χ1v) is 11.6. The SMILES string of the molecule is CC(C)(C)[C@H](c1nc(-c2ccccc2)cn1Cc1ccccc1)N1C[C@@H](CN)COCC1=O. The first-order chi connectivity index (χ1) is 15.9. The normalized spacial score (nSPS) is 18.2. The Labute approximate surface area is 196 Å². The van der Waals surface area contributed by atoms with Gasteiger partial charge in [-0.2, -0.15) is 0 Å². The van der Waals surface area contributed by atoms with Crippen LogP contribution in [0.2, 0.25) is 0 Å². The third-order valence-electron chi connectivity index (χ3n) is 6.14. The van der Waals surface area contributed by atoms with E-state index in [-0.39, 0.29) is 29.9 Å². The summed E-state index contributed by atoms with van der Waals surface area (Å²) in [5, 5.41) is 0. The number of nitrogens with two attached hydrogens (primary N) is 1. The van der Waals surface area contributed by atoms with Gasteiger partial charge in [0.15, 0.2) is 0 Å². The highest BCUT2D eigenvalue weighted by atomic mass is 16.5. The Balaban J connectivity index is 1.83. The van der Waals surface area contributed by atoms with Crippen LogP contribution in [0.15, 0.2) is 66.9 Å². The lowest BCUT2D eigenvalue weighted by molar-refractivity contribution is -0.139. The van der Waals surface area contributed by atoms with Gasteiger partial charge in [-0.05, 0) is 17.5 Å². The van der Waals surface area contributed by atoms with Gasteiger partial charge >= 0.3 is 0 Å². The summed E-state index contributed by atoms with van der Waals surface area (Å²) in [6.07, 6.45) is 2.11. The molecule has 3 aromatic rings. The number of hydrogen-bond acceptors (Lipinski definition) is 4. The summed E-state index contributed by atoms with van der Waals surface area (Å²) >= 11 is 0. The molecule has 2 heterocycles. The van der Waals surface area contributed by atoms with E-state index in [1.165, 1.54) is 5.56 Å². The van der Waals surface area contributed by atoms with Crippen LogP contribution in [0, 0.1) is 11.3 Å². The fourth-order valence-corrected chi connectivity index (χ4v) is 4.52. The molecule has 0 spiro atoms. The van der Waals surface area contributed by atoms with Crippen LogP contribution in [0.25, 0.3) is 11.3 Å². The molecule has 6 heteroatoms. The fraction of sp³-hybridized carbons (Fsp3) is 0.407. The Kier molecular flexibility index (Phi) is 6.96. The van der Waals surface area contributed by atoms with E-state index in [4.69, 9.17) is 15.5 Å². The smallest absolute Gasteiger partial charge is 0.249 e. The summed E-state index contributed by atoms with van der Waals surface area (Å²) in [6.45, 7) is 8.80. The molecule has 1 amide bonds. The van der Waals surface area contributed by atoms with E-state index in [2.05, 4.69) is 55.8 Å². The van der Waals surface area contributed by atoms with Gasteiger partial charge in [0.05, 0.1) is 18.3 Å².